The summed E-state index contributed by atoms with van der Waals surface area (Å²) in [5, 5.41) is 8.89. The number of benzene rings is 2. The number of carbonyl (C=O) groups excluding carboxylic acids is 2. The standard InChI is InChI=1S/C21H19N3O4S/c1-27-19(25)12-18-21(22-20(26)29-18)24-16(14-9-5-6-10-17(14)28-21)11-15(23-24)13-7-3-2-4-8-13/h2-10,16,18H,11-12H2,1H3,(H,22,26)/t16-,18+,21+/m0/s1. The fourth-order valence-electron chi connectivity index (χ4n) is 4.10. The van der Waals surface area contributed by atoms with E-state index in [2.05, 4.69) is 5.32 Å². The first-order valence-corrected chi connectivity index (χ1v) is 10.2. The monoisotopic (exact) mass is 409 g/mol. The van der Waals surface area contributed by atoms with Gasteiger partial charge in [0.1, 0.15) is 11.0 Å². The van der Waals surface area contributed by atoms with Crippen LogP contribution in [-0.4, -0.2) is 40.1 Å². The quantitative estimate of drug-likeness (QED) is 0.784. The van der Waals surface area contributed by atoms with Crippen molar-refractivity contribution >= 4 is 28.7 Å². The fraction of sp³-hybridized carbons (Fsp3) is 0.286. The van der Waals surface area contributed by atoms with Crippen LogP contribution in [0.25, 0.3) is 0 Å². The molecule has 3 aliphatic rings. The van der Waals surface area contributed by atoms with Crippen LogP contribution in [-0.2, 0) is 9.53 Å². The van der Waals surface area contributed by atoms with Gasteiger partial charge in [-0.05, 0) is 11.6 Å². The minimum Gasteiger partial charge on any atom is -0.469 e. The highest BCUT2D eigenvalue weighted by atomic mass is 32.2. The smallest absolute Gasteiger partial charge is 0.306 e. The first-order valence-electron chi connectivity index (χ1n) is 9.36. The highest BCUT2D eigenvalue weighted by molar-refractivity contribution is 8.14. The summed E-state index contributed by atoms with van der Waals surface area (Å²) in [5.41, 5.74) is 2.95. The van der Waals surface area contributed by atoms with Gasteiger partial charge in [0.25, 0.3) is 11.1 Å². The topological polar surface area (TPSA) is 80.2 Å². The van der Waals surface area contributed by atoms with E-state index >= 15 is 0 Å². The van der Waals surface area contributed by atoms with Crippen molar-refractivity contribution in [3.8, 4) is 5.75 Å². The second-order valence-corrected chi connectivity index (χ2v) is 8.29. The van der Waals surface area contributed by atoms with Crippen LogP contribution >= 0.6 is 11.8 Å². The predicted octanol–water partition coefficient (Wildman–Crippen LogP) is 3.27. The Kier molecular flexibility index (Phi) is 4.24. The summed E-state index contributed by atoms with van der Waals surface area (Å²) in [6, 6.07) is 17.6. The third-order valence-electron chi connectivity index (χ3n) is 5.45. The maximum Gasteiger partial charge on any atom is 0.306 e. The molecule has 3 heterocycles. The van der Waals surface area contributed by atoms with Gasteiger partial charge in [0.15, 0.2) is 0 Å². The molecule has 0 radical (unpaired) electrons. The normalized spacial score (nSPS) is 27.0. The summed E-state index contributed by atoms with van der Waals surface area (Å²) in [5.74, 6) is -0.953. The molecule has 1 amide bonds. The second-order valence-electron chi connectivity index (χ2n) is 7.11. The van der Waals surface area contributed by atoms with Crippen molar-refractivity contribution < 1.29 is 19.1 Å². The predicted molar refractivity (Wildman–Crippen MR) is 109 cm³/mol. The van der Waals surface area contributed by atoms with Crippen LogP contribution in [0.2, 0.25) is 0 Å². The molecule has 7 nitrogen and oxygen atoms in total. The number of fused-ring (bicyclic) bond motifs is 4. The summed E-state index contributed by atoms with van der Waals surface area (Å²) < 4.78 is 11.2. The Morgan fingerprint density at radius 2 is 2.03 bits per heavy atom. The van der Waals surface area contributed by atoms with E-state index in [1.54, 1.807) is 0 Å². The number of rotatable bonds is 3. The minimum absolute atomic E-state index is 0.0292. The molecule has 1 N–H and O–H groups in total. The number of hydrazone groups is 1. The van der Waals surface area contributed by atoms with Crippen molar-refractivity contribution in [1.82, 2.24) is 10.3 Å². The number of carbonyl (C=O) groups is 2. The van der Waals surface area contributed by atoms with Crippen molar-refractivity contribution in [3.05, 3.63) is 65.7 Å². The number of hydrogen-bond donors (Lipinski definition) is 1. The molecule has 1 spiro atoms. The molecular weight excluding hydrogens is 390 g/mol. The molecular formula is C21H19N3O4S. The Labute approximate surface area is 172 Å². The van der Waals surface area contributed by atoms with E-state index in [1.807, 2.05) is 59.6 Å². The summed E-state index contributed by atoms with van der Waals surface area (Å²) in [6.07, 6.45) is 0.707. The minimum atomic E-state index is -1.24. The molecule has 3 atom stereocenters. The summed E-state index contributed by atoms with van der Waals surface area (Å²) >= 11 is 1.05. The van der Waals surface area contributed by atoms with Gasteiger partial charge in [-0.1, -0.05) is 60.3 Å². The Hall–Kier alpha value is -3.00. The molecule has 1 saturated heterocycles. The molecule has 0 aromatic heterocycles. The molecule has 2 aromatic rings. The largest absolute Gasteiger partial charge is 0.469 e. The van der Waals surface area contributed by atoms with Crippen molar-refractivity contribution in [2.24, 2.45) is 5.10 Å². The molecule has 0 unspecified atom stereocenters. The van der Waals surface area contributed by atoms with E-state index < -0.39 is 17.1 Å². The van der Waals surface area contributed by atoms with Gasteiger partial charge < -0.3 is 9.47 Å². The highest BCUT2D eigenvalue weighted by Gasteiger charge is 2.61. The summed E-state index contributed by atoms with van der Waals surface area (Å²) in [7, 11) is 1.34. The Bertz CT molecular complexity index is 1010. The molecule has 1 fully saturated rings. The molecule has 2 aromatic carbocycles. The number of hydrogen-bond acceptors (Lipinski definition) is 7. The Balaban J connectivity index is 1.62. The summed E-state index contributed by atoms with van der Waals surface area (Å²) in [4.78, 5) is 24.4. The number of esters is 1. The van der Waals surface area contributed by atoms with Gasteiger partial charge in [0.05, 0.1) is 25.3 Å². The zero-order valence-electron chi connectivity index (χ0n) is 15.7. The lowest BCUT2D eigenvalue weighted by Gasteiger charge is -2.47. The van der Waals surface area contributed by atoms with Crippen LogP contribution in [0.5, 0.6) is 5.75 Å². The lowest BCUT2D eigenvalue weighted by Crippen LogP contribution is -2.65. The maximum atomic E-state index is 12.4. The van der Waals surface area contributed by atoms with Crippen molar-refractivity contribution in [1.29, 1.82) is 0 Å². The van der Waals surface area contributed by atoms with E-state index in [0.717, 1.165) is 28.6 Å². The lowest BCUT2D eigenvalue weighted by atomic mass is 9.95. The first kappa shape index (κ1) is 18.1. The average molecular weight is 409 g/mol. The Morgan fingerprint density at radius 3 is 2.83 bits per heavy atom. The average Bonchev–Trinajstić information content (AvgIpc) is 3.32. The van der Waals surface area contributed by atoms with E-state index in [-0.39, 0.29) is 17.7 Å². The zero-order valence-corrected chi connectivity index (χ0v) is 16.5. The van der Waals surface area contributed by atoms with E-state index in [0.29, 0.717) is 12.2 Å². The number of para-hydroxylation sites is 1. The van der Waals surface area contributed by atoms with Crippen molar-refractivity contribution in [2.75, 3.05) is 7.11 Å². The fourth-order valence-corrected chi connectivity index (χ4v) is 5.16. The summed E-state index contributed by atoms with van der Waals surface area (Å²) in [6.45, 7) is 0. The van der Waals surface area contributed by atoms with Gasteiger partial charge in [-0.3, -0.25) is 14.9 Å². The molecule has 0 saturated carbocycles. The van der Waals surface area contributed by atoms with Crippen molar-refractivity contribution in [3.63, 3.8) is 0 Å². The Morgan fingerprint density at radius 1 is 1.28 bits per heavy atom. The van der Waals surface area contributed by atoms with Crippen LogP contribution in [0.15, 0.2) is 59.7 Å². The number of amides is 1. The van der Waals surface area contributed by atoms with Crippen molar-refractivity contribution in [2.45, 2.75) is 30.0 Å². The molecule has 0 bridgehead atoms. The molecule has 148 valence electrons. The highest BCUT2D eigenvalue weighted by Crippen LogP contribution is 2.51. The number of ether oxygens (including phenoxy) is 2. The van der Waals surface area contributed by atoms with Gasteiger partial charge >= 0.3 is 5.97 Å². The van der Waals surface area contributed by atoms with Crippen LogP contribution in [0.1, 0.15) is 30.0 Å². The van der Waals surface area contributed by atoms with Crippen LogP contribution in [0, 0.1) is 0 Å². The number of methoxy groups -OCH3 is 1. The zero-order chi connectivity index (χ0) is 20.0. The molecule has 8 heteroatoms. The number of nitrogens with zero attached hydrogens (tertiary/aromatic N) is 2. The van der Waals surface area contributed by atoms with Gasteiger partial charge in [-0.25, -0.2) is 5.01 Å². The number of thioether (sulfide) groups is 1. The number of nitrogens with one attached hydrogen (secondary N) is 1. The van der Waals surface area contributed by atoms with Gasteiger partial charge in [-0.2, -0.15) is 5.10 Å². The van der Waals surface area contributed by atoms with E-state index in [1.165, 1.54) is 7.11 Å². The van der Waals surface area contributed by atoms with E-state index in [9.17, 15) is 9.59 Å². The van der Waals surface area contributed by atoms with E-state index in [4.69, 9.17) is 14.6 Å². The van der Waals surface area contributed by atoms with Crippen LogP contribution in [0.3, 0.4) is 0 Å². The lowest BCUT2D eigenvalue weighted by molar-refractivity contribution is -0.150. The third kappa shape index (κ3) is 2.86. The molecule has 0 aliphatic carbocycles. The second kappa shape index (κ2) is 6.81. The maximum absolute atomic E-state index is 12.4. The van der Waals surface area contributed by atoms with Gasteiger partial charge in [0, 0.05) is 12.0 Å². The SMILES string of the molecule is COC(=O)C[C@H]1SC(=O)N[C@]12Oc1ccccc1[C@@H]1CC(c3ccccc3)=NN12. The first-order chi connectivity index (χ1) is 14.1. The van der Waals surface area contributed by atoms with Crippen LogP contribution in [0.4, 0.5) is 4.79 Å². The third-order valence-corrected chi connectivity index (χ3v) is 6.53. The van der Waals surface area contributed by atoms with Gasteiger partial charge in [0.2, 0.25) is 0 Å². The van der Waals surface area contributed by atoms with Gasteiger partial charge in [-0.15, -0.1) is 0 Å². The van der Waals surface area contributed by atoms with Crippen LogP contribution < -0.4 is 10.1 Å². The molecule has 3 aliphatic heterocycles. The molecule has 29 heavy (non-hydrogen) atoms. The molecule has 5 rings (SSSR count).